The number of ether oxygens (including phenoxy) is 1. The highest BCUT2D eigenvalue weighted by molar-refractivity contribution is 7.17. The number of rotatable bonds is 4. The Balaban J connectivity index is 1.38. The monoisotopic (exact) mass is 358 g/mol. The van der Waals surface area contributed by atoms with E-state index in [1.54, 1.807) is 0 Å². The molecule has 1 aromatic heterocycles. The van der Waals surface area contributed by atoms with Crippen molar-refractivity contribution in [2.45, 2.75) is 25.6 Å². The highest BCUT2D eigenvalue weighted by atomic mass is 32.1. The maximum absolute atomic E-state index is 12.5. The topological polar surface area (TPSA) is 61.8 Å². The van der Waals surface area contributed by atoms with Crippen LogP contribution in [0.15, 0.2) is 30.3 Å². The van der Waals surface area contributed by atoms with Crippen LogP contribution in [0.2, 0.25) is 0 Å². The number of nitrogens with zero attached hydrogens (tertiary/aromatic N) is 1. The molecule has 0 radical (unpaired) electrons. The second-order valence-corrected chi connectivity index (χ2v) is 7.65. The summed E-state index contributed by atoms with van der Waals surface area (Å²) in [6, 6.07) is 9.89. The van der Waals surface area contributed by atoms with Crippen molar-refractivity contribution < 1.29 is 14.6 Å². The number of aliphatic hydroxyl groups excluding tert-OH is 1. The van der Waals surface area contributed by atoms with Gasteiger partial charge in [0.2, 0.25) is 0 Å². The smallest absolute Gasteiger partial charge is 0.261 e. The van der Waals surface area contributed by atoms with E-state index in [-0.39, 0.29) is 12.0 Å². The van der Waals surface area contributed by atoms with Gasteiger partial charge in [0.15, 0.2) is 0 Å². The first-order chi connectivity index (χ1) is 12.2. The molecule has 1 amide bonds. The zero-order chi connectivity index (χ0) is 17.2. The summed E-state index contributed by atoms with van der Waals surface area (Å²) in [6.07, 6.45) is 1.67. The van der Waals surface area contributed by atoms with Gasteiger partial charge in [0.05, 0.1) is 11.0 Å². The summed E-state index contributed by atoms with van der Waals surface area (Å²) in [4.78, 5) is 16.5. The van der Waals surface area contributed by atoms with Crippen LogP contribution in [0.4, 0.5) is 0 Å². The summed E-state index contributed by atoms with van der Waals surface area (Å²) >= 11 is 1.53. The third-order valence-electron chi connectivity index (χ3n) is 4.74. The van der Waals surface area contributed by atoms with E-state index in [2.05, 4.69) is 10.2 Å². The van der Waals surface area contributed by atoms with Crippen molar-refractivity contribution in [1.29, 1.82) is 0 Å². The predicted octanol–water partition coefficient (Wildman–Crippen LogP) is 2.49. The van der Waals surface area contributed by atoms with Crippen LogP contribution in [0.1, 0.15) is 28.1 Å². The van der Waals surface area contributed by atoms with Crippen molar-refractivity contribution in [3.05, 3.63) is 40.8 Å². The first kappa shape index (κ1) is 16.6. The number of amides is 1. The van der Waals surface area contributed by atoms with Crippen LogP contribution >= 0.6 is 11.3 Å². The van der Waals surface area contributed by atoms with Crippen LogP contribution in [0.25, 0.3) is 10.4 Å². The largest absolute Gasteiger partial charge is 0.488 e. The van der Waals surface area contributed by atoms with E-state index < -0.39 is 0 Å². The standard InChI is InChI=1S/C19H22N2O3S/c22-14-4-3-8-21(11-14)9-7-20-19(23)17-10-13-12-24-16-6-2-1-5-15(16)18(13)25-17/h1-2,5-6,10,14,22H,3-4,7-9,11-12H2,(H,20,23). The minimum absolute atomic E-state index is 0.0329. The number of carbonyl (C=O) groups is 1. The van der Waals surface area contributed by atoms with Crippen molar-refractivity contribution in [3.63, 3.8) is 0 Å². The fourth-order valence-electron chi connectivity index (χ4n) is 3.46. The number of benzene rings is 1. The van der Waals surface area contributed by atoms with Crippen molar-refractivity contribution in [3.8, 4) is 16.2 Å². The molecule has 0 bridgehead atoms. The number of aliphatic hydroxyl groups is 1. The van der Waals surface area contributed by atoms with Gasteiger partial charge < -0.3 is 15.2 Å². The van der Waals surface area contributed by atoms with Gasteiger partial charge in [0.25, 0.3) is 5.91 Å². The zero-order valence-corrected chi connectivity index (χ0v) is 14.8. The second kappa shape index (κ2) is 7.15. The molecule has 0 saturated carbocycles. The average Bonchev–Trinajstić information content (AvgIpc) is 3.07. The molecule has 2 aliphatic rings. The number of β-amino-alcohol motifs (C(OH)–C–C–N with tert-alkyl or cyclic N) is 1. The van der Waals surface area contributed by atoms with Gasteiger partial charge in [-0.1, -0.05) is 12.1 Å². The maximum Gasteiger partial charge on any atom is 0.261 e. The maximum atomic E-state index is 12.5. The minimum Gasteiger partial charge on any atom is -0.488 e. The molecule has 1 saturated heterocycles. The molecule has 0 aliphatic carbocycles. The molecule has 5 nitrogen and oxygen atoms in total. The Bertz CT molecular complexity index is 774. The van der Waals surface area contributed by atoms with E-state index in [0.29, 0.717) is 19.7 Å². The lowest BCUT2D eigenvalue weighted by atomic mass is 10.1. The zero-order valence-electron chi connectivity index (χ0n) is 14.0. The van der Waals surface area contributed by atoms with Crippen molar-refractivity contribution in [1.82, 2.24) is 10.2 Å². The molecule has 3 heterocycles. The highest BCUT2D eigenvalue weighted by Crippen LogP contribution is 2.42. The lowest BCUT2D eigenvalue weighted by molar-refractivity contribution is 0.0703. The fourth-order valence-corrected chi connectivity index (χ4v) is 4.57. The third kappa shape index (κ3) is 3.56. The normalized spacial score (nSPS) is 19.6. The number of hydrogen-bond acceptors (Lipinski definition) is 5. The fraction of sp³-hybridized carbons (Fsp3) is 0.421. The Morgan fingerprint density at radius 3 is 3.16 bits per heavy atom. The number of likely N-dealkylation sites (tertiary alicyclic amines) is 1. The third-order valence-corrected chi connectivity index (χ3v) is 5.95. The summed E-state index contributed by atoms with van der Waals surface area (Å²) in [5.41, 5.74) is 2.14. The number of piperidine rings is 1. The van der Waals surface area contributed by atoms with Gasteiger partial charge in [0.1, 0.15) is 12.4 Å². The molecule has 1 aromatic carbocycles. The summed E-state index contributed by atoms with van der Waals surface area (Å²) in [6.45, 7) is 3.59. The predicted molar refractivity (Wildman–Crippen MR) is 98.1 cm³/mol. The SMILES string of the molecule is O=C(NCCN1CCCC(O)C1)c1cc2c(s1)-c1ccccc1OC2. The Labute approximate surface area is 151 Å². The van der Waals surface area contributed by atoms with Crippen molar-refractivity contribution in [2.24, 2.45) is 0 Å². The number of fused-ring (bicyclic) bond motifs is 3. The first-order valence-electron chi connectivity index (χ1n) is 8.74. The summed E-state index contributed by atoms with van der Waals surface area (Å²) in [5.74, 6) is 0.849. The Morgan fingerprint density at radius 1 is 1.40 bits per heavy atom. The van der Waals surface area contributed by atoms with Gasteiger partial charge >= 0.3 is 0 Å². The van der Waals surface area contributed by atoms with E-state index in [1.807, 2.05) is 30.3 Å². The Morgan fingerprint density at radius 2 is 2.28 bits per heavy atom. The van der Waals surface area contributed by atoms with E-state index in [1.165, 1.54) is 11.3 Å². The summed E-state index contributed by atoms with van der Waals surface area (Å²) in [5, 5.41) is 12.7. The number of para-hydroxylation sites is 1. The summed E-state index contributed by atoms with van der Waals surface area (Å²) < 4.78 is 5.76. The minimum atomic E-state index is -0.228. The van der Waals surface area contributed by atoms with E-state index in [4.69, 9.17) is 4.74 Å². The van der Waals surface area contributed by atoms with Gasteiger partial charge in [-0.2, -0.15) is 0 Å². The number of hydrogen-bond donors (Lipinski definition) is 2. The highest BCUT2D eigenvalue weighted by Gasteiger charge is 2.22. The van der Waals surface area contributed by atoms with Gasteiger partial charge in [0, 0.05) is 35.6 Å². The lowest BCUT2D eigenvalue weighted by Crippen LogP contribution is -2.42. The molecule has 1 unspecified atom stereocenters. The van der Waals surface area contributed by atoms with Crippen LogP contribution in [0.5, 0.6) is 5.75 Å². The van der Waals surface area contributed by atoms with Crippen molar-refractivity contribution >= 4 is 17.2 Å². The van der Waals surface area contributed by atoms with E-state index >= 15 is 0 Å². The van der Waals surface area contributed by atoms with Gasteiger partial charge in [-0.25, -0.2) is 0 Å². The lowest BCUT2D eigenvalue weighted by Gasteiger charge is -2.29. The molecule has 2 N–H and O–H groups in total. The number of carbonyl (C=O) groups excluding carboxylic acids is 1. The van der Waals surface area contributed by atoms with E-state index in [0.717, 1.165) is 52.6 Å². The Kier molecular flexibility index (Phi) is 4.74. The van der Waals surface area contributed by atoms with Crippen LogP contribution in [0, 0.1) is 0 Å². The molecule has 4 rings (SSSR count). The average molecular weight is 358 g/mol. The molecule has 132 valence electrons. The van der Waals surface area contributed by atoms with Gasteiger partial charge in [-0.05, 0) is 37.6 Å². The van der Waals surface area contributed by atoms with Gasteiger partial charge in [-0.15, -0.1) is 11.3 Å². The molecule has 6 heteroatoms. The van der Waals surface area contributed by atoms with E-state index in [9.17, 15) is 9.90 Å². The second-order valence-electron chi connectivity index (χ2n) is 6.60. The molecule has 2 aromatic rings. The molecule has 1 fully saturated rings. The Hall–Kier alpha value is -1.89. The molecular formula is C19H22N2O3S. The molecule has 25 heavy (non-hydrogen) atoms. The van der Waals surface area contributed by atoms with Gasteiger partial charge in [-0.3, -0.25) is 9.69 Å². The van der Waals surface area contributed by atoms with Crippen LogP contribution in [-0.2, 0) is 6.61 Å². The molecule has 2 aliphatic heterocycles. The molecular weight excluding hydrogens is 336 g/mol. The summed E-state index contributed by atoms with van der Waals surface area (Å²) in [7, 11) is 0. The number of thiophene rings is 1. The number of nitrogens with one attached hydrogen (secondary N) is 1. The molecule has 1 atom stereocenters. The molecule has 0 spiro atoms. The van der Waals surface area contributed by atoms with Crippen molar-refractivity contribution in [2.75, 3.05) is 26.2 Å². The van der Waals surface area contributed by atoms with Crippen LogP contribution in [-0.4, -0.2) is 48.2 Å². The first-order valence-corrected chi connectivity index (χ1v) is 9.56. The van der Waals surface area contributed by atoms with Crippen LogP contribution < -0.4 is 10.1 Å². The quantitative estimate of drug-likeness (QED) is 0.882. The van der Waals surface area contributed by atoms with Crippen LogP contribution in [0.3, 0.4) is 0 Å².